The van der Waals surface area contributed by atoms with Crippen LogP contribution in [-0.4, -0.2) is 32.4 Å². The van der Waals surface area contributed by atoms with Crippen LogP contribution in [0.25, 0.3) is 0 Å². The Hall–Kier alpha value is -0.430. The minimum atomic E-state index is -3.32. The quantitative estimate of drug-likeness (QED) is 0.922. The second-order valence-corrected chi connectivity index (χ2v) is 7.56. The van der Waals surface area contributed by atoms with E-state index in [1.54, 1.807) is 10.4 Å². The van der Waals surface area contributed by atoms with Crippen LogP contribution in [-0.2, 0) is 16.6 Å². The molecule has 0 bridgehead atoms. The SMILES string of the molecule is CNCc1sccc1S(=O)(=O)N1CCCCC1C. The molecule has 1 atom stereocenters. The lowest BCUT2D eigenvalue weighted by atomic mass is 10.1. The summed E-state index contributed by atoms with van der Waals surface area (Å²) < 4.78 is 27.0. The van der Waals surface area contributed by atoms with E-state index in [9.17, 15) is 8.42 Å². The van der Waals surface area contributed by atoms with Gasteiger partial charge in [0.25, 0.3) is 0 Å². The van der Waals surface area contributed by atoms with Crippen LogP contribution in [0.2, 0.25) is 0 Å². The average Bonchev–Trinajstić information content (AvgIpc) is 2.79. The molecule has 0 spiro atoms. The summed E-state index contributed by atoms with van der Waals surface area (Å²) in [5.74, 6) is 0. The fourth-order valence-electron chi connectivity index (χ4n) is 2.40. The van der Waals surface area contributed by atoms with Crippen LogP contribution < -0.4 is 5.32 Å². The Morgan fingerprint density at radius 3 is 2.94 bits per heavy atom. The smallest absolute Gasteiger partial charge is 0.244 e. The lowest BCUT2D eigenvalue weighted by Crippen LogP contribution is -2.42. The summed E-state index contributed by atoms with van der Waals surface area (Å²) in [6.07, 6.45) is 3.06. The van der Waals surface area contributed by atoms with Gasteiger partial charge in [0.05, 0.1) is 4.90 Å². The molecule has 6 heteroatoms. The van der Waals surface area contributed by atoms with E-state index in [0.29, 0.717) is 18.0 Å². The van der Waals surface area contributed by atoms with Gasteiger partial charge in [-0.05, 0) is 38.3 Å². The predicted molar refractivity (Wildman–Crippen MR) is 74.3 cm³/mol. The number of nitrogens with zero attached hydrogens (tertiary/aromatic N) is 1. The fourth-order valence-corrected chi connectivity index (χ4v) is 5.53. The van der Waals surface area contributed by atoms with Crippen molar-refractivity contribution in [2.75, 3.05) is 13.6 Å². The first kappa shape index (κ1) is 14.0. The second kappa shape index (κ2) is 5.69. The van der Waals surface area contributed by atoms with Gasteiger partial charge >= 0.3 is 0 Å². The van der Waals surface area contributed by atoms with Gasteiger partial charge in [0, 0.05) is 24.0 Å². The molecule has 2 heterocycles. The van der Waals surface area contributed by atoms with Crippen molar-refractivity contribution < 1.29 is 8.42 Å². The van der Waals surface area contributed by atoms with Crippen molar-refractivity contribution >= 4 is 21.4 Å². The molecule has 0 aromatic carbocycles. The third-order valence-electron chi connectivity index (χ3n) is 3.37. The Kier molecular flexibility index (Phi) is 4.42. The molecule has 1 aliphatic rings. The first-order chi connectivity index (χ1) is 8.57. The van der Waals surface area contributed by atoms with Crippen LogP contribution in [0.1, 0.15) is 31.1 Å². The van der Waals surface area contributed by atoms with Crippen molar-refractivity contribution in [1.29, 1.82) is 0 Å². The van der Waals surface area contributed by atoms with Gasteiger partial charge in [-0.2, -0.15) is 4.31 Å². The number of thiophene rings is 1. The fraction of sp³-hybridized carbons (Fsp3) is 0.667. The van der Waals surface area contributed by atoms with Crippen molar-refractivity contribution in [3.05, 3.63) is 16.3 Å². The number of nitrogens with one attached hydrogen (secondary N) is 1. The van der Waals surface area contributed by atoms with Gasteiger partial charge in [-0.3, -0.25) is 0 Å². The maximum absolute atomic E-state index is 12.7. The molecule has 102 valence electrons. The van der Waals surface area contributed by atoms with Crippen LogP contribution >= 0.6 is 11.3 Å². The number of piperidine rings is 1. The molecule has 0 aliphatic carbocycles. The van der Waals surface area contributed by atoms with Gasteiger partial charge in [0.15, 0.2) is 0 Å². The molecule has 1 unspecified atom stereocenters. The maximum Gasteiger partial charge on any atom is 0.244 e. The number of sulfonamides is 1. The molecule has 2 rings (SSSR count). The van der Waals surface area contributed by atoms with E-state index in [2.05, 4.69) is 5.32 Å². The minimum absolute atomic E-state index is 0.117. The second-order valence-electron chi connectivity index (χ2n) is 4.70. The third kappa shape index (κ3) is 2.61. The Morgan fingerprint density at radius 1 is 1.50 bits per heavy atom. The highest BCUT2D eigenvalue weighted by Gasteiger charge is 2.32. The largest absolute Gasteiger partial charge is 0.315 e. The number of rotatable bonds is 4. The minimum Gasteiger partial charge on any atom is -0.315 e. The van der Waals surface area contributed by atoms with E-state index < -0.39 is 10.0 Å². The number of hydrogen-bond donors (Lipinski definition) is 1. The molecule has 18 heavy (non-hydrogen) atoms. The molecule has 4 nitrogen and oxygen atoms in total. The lowest BCUT2D eigenvalue weighted by molar-refractivity contribution is 0.268. The molecule has 1 N–H and O–H groups in total. The summed E-state index contributed by atoms with van der Waals surface area (Å²) in [5.41, 5.74) is 0. The number of hydrogen-bond acceptors (Lipinski definition) is 4. The van der Waals surface area contributed by atoms with Crippen molar-refractivity contribution in [3.8, 4) is 0 Å². The van der Waals surface area contributed by atoms with Crippen LogP contribution in [0.4, 0.5) is 0 Å². The summed E-state index contributed by atoms with van der Waals surface area (Å²) in [4.78, 5) is 1.38. The Bertz CT molecular complexity index is 496. The molecular weight excluding hydrogens is 268 g/mol. The van der Waals surface area contributed by atoms with Gasteiger partial charge in [0.2, 0.25) is 10.0 Å². The molecule has 0 amide bonds. The summed E-state index contributed by atoms with van der Waals surface area (Å²) in [6.45, 7) is 3.26. The van der Waals surface area contributed by atoms with Gasteiger partial charge in [-0.15, -0.1) is 11.3 Å². The van der Waals surface area contributed by atoms with E-state index in [0.717, 1.165) is 24.1 Å². The van der Waals surface area contributed by atoms with Crippen LogP contribution in [0.3, 0.4) is 0 Å². The van der Waals surface area contributed by atoms with Crippen molar-refractivity contribution in [1.82, 2.24) is 9.62 Å². The maximum atomic E-state index is 12.7. The summed E-state index contributed by atoms with van der Waals surface area (Å²) in [5, 5.41) is 4.88. The van der Waals surface area contributed by atoms with Gasteiger partial charge in [-0.25, -0.2) is 8.42 Å². The standard InChI is InChI=1S/C12H20N2O2S2/c1-10-5-3-4-7-14(10)18(15,16)12-6-8-17-11(12)9-13-2/h6,8,10,13H,3-5,7,9H2,1-2H3. The monoisotopic (exact) mass is 288 g/mol. The molecule has 0 radical (unpaired) electrons. The summed E-state index contributed by atoms with van der Waals surface area (Å²) >= 11 is 1.50. The van der Waals surface area contributed by atoms with E-state index in [1.807, 2.05) is 19.4 Å². The Balaban J connectivity index is 2.32. The zero-order valence-corrected chi connectivity index (χ0v) is 12.5. The molecule has 1 saturated heterocycles. The normalized spacial score (nSPS) is 22.2. The van der Waals surface area contributed by atoms with E-state index >= 15 is 0 Å². The van der Waals surface area contributed by atoms with Crippen LogP contribution in [0, 0.1) is 0 Å². The average molecular weight is 288 g/mol. The first-order valence-electron chi connectivity index (χ1n) is 6.30. The van der Waals surface area contributed by atoms with Gasteiger partial charge < -0.3 is 5.32 Å². The highest BCUT2D eigenvalue weighted by molar-refractivity contribution is 7.89. The van der Waals surface area contributed by atoms with E-state index in [1.165, 1.54) is 11.3 Å². The van der Waals surface area contributed by atoms with E-state index in [-0.39, 0.29) is 6.04 Å². The van der Waals surface area contributed by atoms with Crippen LogP contribution in [0.15, 0.2) is 16.3 Å². The molecule has 0 saturated carbocycles. The molecule has 1 aromatic rings. The topological polar surface area (TPSA) is 49.4 Å². The lowest BCUT2D eigenvalue weighted by Gasteiger charge is -2.32. The Morgan fingerprint density at radius 2 is 2.28 bits per heavy atom. The van der Waals surface area contributed by atoms with Crippen LogP contribution in [0.5, 0.6) is 0 Å². The van der Waals surface area contributed by atoms with E-state index in [4.69, 9.17) is 0 Å². The van der Waals surface area contributed by atoms with Crippen molar-refractivity contribution in [2.24, 2.45) is 0 Å². The zero-order chi connectivity index (χ0) is 13.2. The molecular formula is C12H20N2O2S2. The summed E-state index contributed by atoms with van der Waals surface area (Å²) in [6, 6.07) is 1.85. The molecule has 1 fully saturated rings. The molecule has 1 aromatic heterocycles. The Labute approximate surface area is 113 Å². The third-order valence-corrected chi connectivity index (χ3v) is 6.52. The van der Waals surface area contributed by atoms with Gasteiger partial charge in [0.1, 0.15) is 0 Å². The molecule has 1 aliphatic heterocycles. The van der Waals surface area contributed by atoms with Gasteiger partial charge in [-0.1, -0.05) is 6.42 Å². The highest BCUT2D eigenvalue weighted by Crippen LogP contribution is 2.29. The summed E-state index contributed by atoms with van der Waals surface area (Å²) in [7, 11) is -1.48. The first-order valence-corrected chi connectivity index (χ1v) is 8.62. The predicted octanol–water partition coefficient (Wildman–Crippen LogP) is 2.03. The van der Waals surface area contributed by atoms with Crippen molar-refractivity contribution in [3.63, 3.8) is 0 Å². The zero-order valence-electron chi connectivity index (χ0n) is 10.8. The highest BCUT2D eigenvalue weighted by atomic mass is 32.2. The van der Waals surface area contributed by atoms with Crippen molar-refractivity contribution in [2.45, 2.75) is 43.7 Å².